The molecule has 1 saturated carbocycles. The number of hydrogen-bond acceptors (Lipinski definition) is 4. The van der Waals surface area contributed by atoms with Gasteiger partial charge in [0.1, 0.15) is 0 Å². The molecule has 0 unspecified atom stereocenters. The summed E-state index contributed by atoms with van der Waals surface area (Å²) in [5, 5.41) is 7.58. The Kier molecular flexibility index (Phi) is 5.69. The fraction of sp³-hybridized carbons (Fsp3) is 0.524. The van der Waals surface area contributed by atoms with Crippen LogP contribution in [0.5, 0.6) is 0 Å². The van der Waals surface area contributed by atoms with E-state index < -0.39 is 0 Å². The van der Waals surface area contributed by atoms with Crippen LogP contribution in [0.3, 0.4) is 0 Å². The summed E-state index contributed by atoms with van der Waals surface area (Å²) in [5.74, 6) is 0.535. The summed E-state index contributed by atoms with van der Waals surface area (Å²) in [4.78, 5) is 30.8. The molecule has 0 atom stereocenters. The molecule has 7 nitrogen and oxygen atoms in total. The number of carbonyl (C=O) groups is 2. The van der Waals surface area contributed by atoms with Crippen molar-refractivity contribution in [1.29, 1.82) is 0 Å². The van der Waals surface area contributed by atoms with Gasteiger partial charge in [-0.15, -0.1) is 0 Å². The quantitative estimate of drug-likeness (QED) is 0.831. The van der Waals surface area contributed by atoms with E-state index in [0.29, 0.717) is 31.8 Å². The monoisotopic (exact) mass is 381 g/mol. The molecule has 2 aromatic rings. The molecular formula is C21H27N5O2. The minimum Gasteiger partial charge on any atom is -0.350 e. The van der Waals surface area contributed by atoms with Gasteiger partial charge in [-0.05, 0) is 43.4 Å². The fourth-order valence-corrected chi connectivity index (χ4v) is 3.79. The zero-order chi connectivity index (χ0) is 19.3. The topological polar surface area (TPSA) is 80.1 Å². The number of fused-ring (bicyclic) bond motifs is 1. The molecule has 0 saturated heterocycles. The zero-order valence-corrected chi connectivity index (χ0v) is 16.1. The molecule has 1 aliphatic heterocycles. The van der Waals surface area contributed by atoms with Crippen molar-refractivity contribution in [1.82, 2.24) is 25.0 Å². The maximum Gasteiger partial charge on any atom is 0.226 e. The van der Waals surface area contributed by atoms with E-state index in [4.69, 9.17) is 0 Å². The lowest BCUT2D eigenvalue weighted by atomic mass is 9.84. The van der Waals surface area contributed by atoms with Gasteiger partial charge < -0.3 is 10.2 Å². The maximum absolute atomic E-state index is 12.6. The normalized spacial score (nSPS) is 16.8. The molecule has 148 valence electrons. The molecule has 3 heterocycles. The number of pyridine rings is 1. The number of nitrogens with one attached hydrogen (secondary N) is 1. The second-order valence-electron chi connectivity index (χ2n) is 7.73. The zero-order valence-electron chi connectivity index (χ0n) is 16.1. The molecule has 0 radical (unpaired) electrons. The first kappa shape index (κ1) is 18.7. The van der Waals surface area contributed by atoms with Gasteiger partial charge in [0, 0.05) is 37.8 Å². The van der Waals surface area contributed by atoms with Crippen LogP contribution in [0.4, 0.5) is 0 Å². The summed E-state index contributed by atoms with van der Waals surface area (Å²) in [6.45, 7) is 2.66. The summed E-state index contributed by atoms with van der Waals surface area (Å²) < 4.78 is 1.99. The van der Waals surface area contributed by atoms with Gasteiger partial charge in [-0.2, -0.15) is 5.10 Å². The molecule has 28 heavy (non-hydrogen) atoms. The van der Waals surface area contributed by atoms with Gasteiger partial charge in [0.2, 0.25) is 11.8 Å². The van der Waals surface area contributed by atoms with Crippen molar-refractivity contribution >= 4 is 11.8 Å². The molecular weight excluding hydrogens is 354 g/mol. The van der Waals surface area contributed by atoms with E-state index in [-0.39, 0.29) is 11.8 Å². The lowest BCUT2D eigenvalue weighted by molar-refractivity contribution is -0.138. The summed E-state index contributed by atoms with van der Waals surface area (Å²) >= 11 is 0. The average molecular weight is 381 g/mol. The number of rotatable bonds is 6. The standard InChI is InChI=1S/C21H27N5O2/c27-20(8-7-16-4-2-9-22-13-16)23-14-18-12-19-15-25(10-3-11-26(19)24-18)21(28)17-5-1-6-17/h2,4,9,12-13,17H,1,3,5-8,10-11,14-15H2,(H,23,27). The Morgan fingerprint density at radius 1 is 1.21 bits per heavy atom. The fourth-order valence-electron chi connectivity index (χ4n) is 3.79. The molecule has 2 aliphatic rings. The van der Waals surface area contributed by atoms with Crippen molar-refractivity contribution in [2.45, 2.75) is 58.2 Å². The summed E-state index contributed by atoms with van der Waals surface area (Å²) in [6.07, 6.45) is 8.79. The van der Waals surface area contributed by atoms with Crippen molar-refractivity contribution in [3.05, 3.63) is 47.5 Å². The van der Waals surface area contributed by atoms with Gasteiger partial charge >= 0.3 is 0 Å². The van der Waals surface area contributed by atoms with E-state index >= 15 is 0 Å². The highest BCUT2D eigenvalue weighted by molar-refractivity contribution is 5.79. The number of carbonyl (C=O) groups excluding carboxylic acids is 2. The minimum absolute atomic E-state index is 0.00818. The minimum atomic E-state index is 0.00818. The third-order valence-corrected chi connectivity index (χ3v) is 5.66. The molecule has 0 bridgehead atoms. The van der Waals surface area contributed by atoms with E-state index in [2.05, 4.69) is 15.4 Å². The summed E-state index contributed by atoms with van der Waals surface area (Å²) in [6, 6.07) is 5.88. The highest BCUT2D eigenvalue weighted by atomic mass is 16.2. The first-order chi connectivity index (χ1) is 13.7. The van der Waals surface area contributed by atoms with Crippen LogP contribution in [0.2, 0.25) is 0 Å². The molecule has 1 N–H and O–H groups in total. The number of nitrogens with zero attached hydrogens (tertiary/aromatic N) is 4. The van der Waals surface area contributed by atoms with E-state index in [1.807, 2.05) is 27.8 Å². The second-order valence-corrected chi connectivity index (χ2v) is 7.73. The van der Waals surface area contributed by atoms with E-state index in [1.165, 1.54) is 6.42 Å². The van der Waals surface area contributed by atoms with E-state index in [0.717, 1.165) is 49.3 Å². The molecule has 7 heteroatoms. The molecule has 4 rings (SSSR count). The Morgan fingerprint density at radius 3 is 2.86 bits per heavy atom. The number of amides is 2. The Hall–Kier alpha value is -2.70. The smallest absolute Gasteiger partial charge is 0.226 e. The SMILES string of the molecule is O=C(CCc1cccnc1)NCc1cc2n(n1)CCCN(C(=O)C1CCC1)C2. The van der Waals surface area contributed by atoms with Gasteiger partial charge in [-0.25, -0.2) is 0 Å². The van der Waals surface area contributed by atoms with Crippen molar-refractivity contribution in [2.24, 2.45) is 5.92 Å². The largest absolute Gasteiger partial charge is 0.350 e. The van der Waals surface area contributed by atoms with Crippen molar-refractivity contribution in [3.8, 4) is 0 Å². The van der Waals surface area contributed by atoms with Gasteiger partial charge in [-0.3, -0.25) is 19.3 Å². The molecule has 2 amide bonds. The van der Waals surface area contributed by atoms with E-state index in [1.54, 1.807) is 12.4 Å². The molecule has 1 aliphatic carbocycles. The molecule has 0 spiro atoms. The van der Waals surface area contributed by atoms with Crippen LogP contribution in [0.1, 0.15) is 49.1 Å². The van der Waals surface area contributed by atoms with Crippen molar-refractivity contribution in [2.75, 3.05) is 6.54 Å². The second kappa shape index (κ2) is 8.54. The predicted octanol–water partition coefficient (Wildman–Crippen LogP) is 2.06. The Balaban J connectivity index is 1.29. The third-order valence-electron chi connectivity index (χ3n) is 5.66. The lowest BCUT2D eigenvalue weighted by Crippen LogP contribution is -2.38. The van der Waals surface area contributed by atoms with Crippen molar-refractivity contribution < 1.29 is 9.59 Å². The summed E-state index contributed by atoms with van der Waals surface area (Å²) in [5.41, 5.74) is 2.97. The van der Waals surface area contributed by atoms with Crippen LogP contribution in [-0.2, 0) is 35.6 Å². The van der Waals surface area contributed by atoms with Crippen LogP contribution in [-0.4, -0.2) is 38.0 Å². The van der Waals surface area contributed by atoms with Crippen LogP contribution >= 0.6 is 0 Å². The lowest BCUT2D eigenvalue weighted by Gasteiger charge is -2.30. The summed E-state index contributed by atoms with van der Waals surface area (Å²) in [7, 11) is 0. The Bertz CT molecular complexity index is 829. The van der Waals surface area contributed by atoms with Crippen LogP contribution in [0, 0.1) is 5.92 Å². The van der Waals surface area contributed by atoms with Gasteiger partial charge in [-0.1, -0.05) is 12.5 Å². The van der Waals surface area contributed by atoms with Crippen molar-refractivity contribution in [3.63, 3.8) is 0 Å². The highest BCUT2D eigenvalue weighted by Crippen LogP contribution is 2.29. The average Bonchev–Trinajstić information content (AvgIpc) is 2.94. The van der Waals surface area contributed by atoms with Crippen LogP contribution in [0.25, 0.3) is 0 Å². The molecule has 2 aromatic heterocycles. The van der Waals surface area contributed by atoms with Crippen LogP contribution < -0.4 is 5.32 Å². The van der Waals surface area contributed by atoms with Crippen LogP contribution in [0.15, 0.2) is 30.6 Å². The Labute approximate surface area is 165 Å². The number of hydrogen-bond donors (Lipinski definition) is 1. The highest BCUT2D eigenvalue weighted by Gasteiger charge is 2.30. The molecule has 0 aromatic carbocycles. The van der Waals surface area contributed by atoms with Gasteiger partial charge in [0.15, 0.2) is 0 Å². The Morgan fingerprint density at radius 2 is 2.11 bits per heavy atom. The number of aryl methyl sites for hydroxylation is 2. The first-order valence-corrected chi connectivity index (χ1v) is 10.2. The molecule has 1 fully saturated rings. The maximum atomic E-state index is 12.6. The number of aromatic nitrogens is 3. The van der Waals surface area contributed by atoms with E-state index in [9.17, 15) is 9.59 Å². The van der Waals surface area contributed by atoms with Gasteiger partial charge in [0.25, 0.3) is 0 Å². The first-order valence-electron chi connectivity index (χ1n) is 10.2. The van der Waals surface area contributed by atoms with Gasteiger partial charge in [0.05, 0.1) is 24.5 Å². The third kappa shape index (κ3) is 4.40. The predicted molar refractivity (Wildman–Crippen MR) is 104 cm³/mol.